The summed E-state index contributed by atoms with van der Waals surface area (Å²) < 4.78 is 40.3. The molecule has 1 heterocycles. The van der Waals surface area contributed by atoms with Crippen LogP contribution in [0.1, 0.15) is 5.56 Å². The maximum Gasteiger partial charge on any atom is 0.284 e. The molecule has 0 amide bonds. The summed E-state index contributed by atoms with van der Waals surface area (Å²) in [5.41, 5.74) is 3.30. The van der Waals surface area contributed by atoms with Gasteiger partial charge < -0.3 is 0 Å². The molecule has 0 bridgehead atoms. The molecule has 0 unspecified atom stereocenters. The molecule has 7 heteroatoms. The van der Waals surface area contributed by atoms with Gasteiger partial charge in [0.15, 0.2) is 0 Å². The molecule has 0 radical (unpaired) electrons. The lowest BCUT2D eigenvalue weighted by Gasteiger charge is -2.07. The molecule has 5 nitrogen and oxygen atoms in total. The fourth-order valence-corrected chi connectivity index (χ4v) is 3.97. The highest BCUT2D eigenvalue weighted by atomic mass is 32.2. The van der Waals surface area contributed by atoms with Crippen molar-refractivity contribution in [1.82, 2.24) is 14.4 Å². The van der Waals surface area contributed by atoms with Crippen LogP contribution >= 0.6 is 0 Å². The minimum Gasteiger partial charge on any atom is -0.207 e. The maximum absolute atomic E-state index is 13.9. The Morgan fingerprint density at radius 3 is 2.32 bits per heavy atom. The molecule has 0 aliphatic carbocycles. The van der Waals surface area contributed by atoms with Crippen LogP contribution in [0, 0.1) is 12.7 Å². The van der Waals surface area contributed by atoms with Gasteiger partial charge in [-0.1, -0.05) is 59.3 Å². The van der Waals surface area contributed by atoms with Crippen LogP contribution in [0.25, 0.3) is 22.4 Å². The Balaban J connectivity index is 1.80. The van der Waals surface area contributed by atoms with E-state index in [1.807, 2.05) is 37.3 Å². The zero-order valence-electron chi connectivity index (χ0n) is 14.9. The molecule has 0 spiro atoms. The minimum atomic E-state index is -3.88. The van der Waals surface area contributed by atoms with Crippen LogP contribution in [-0.4, -0.2) is 22.8 Å². The van der Waals surface area contributed by atoms with Gasteiger partial charge in [0, 0.05) is 5.56 Å². The Kier molecular flexibility index (Phi) is 4.52. The Labute approximate surface area is 162 Å². The molecule has 0 saturated heterocycles. The van der Waals surface area contributed by atoms with Crippen LogP contribution < -0.4 is 0 Å². The zero-order valence-corrected chi connectivity index (χ0v) is 15.8. The first-order valence-electron chi connectivity index (χ1n) is 8.55. The van der Waals surface area contributed by atoms with Crippen LogP contribution in [0.3, 0.4) is 0 Å². The van der Waals surface area contributed by atoms with E-state index in [-0.39, 0.29) is 10.6 Å². The van der Waals surface area contributed by atoms with E-state index in [4.69, 9.17) is 0 Å². The molecular weight excluding hydrogens is 377 g/mol. The van der Waals surface area contributed by atoms with Gasteiger partial charge in [0.05, 0.1) is 11.1 Å². The minimum absolute atomic E-state index is 0.108. The molecule has 0 saturated carbocycles. The highest BCUT2D eigenvalue weighted by molar-refractivity contribution is 7.89. The van der Waals surface area contributed by atoms with Crippen molar-refractivity contribution in [2.45, 2.75) is 11.8 Å². The van der Waals surface area contributed by atoms with Gasteiger partial charge in [0.25, 0.3) is 10.0 Å². The number of hydrogen-bond donors (Lipinski definition) is 0. The number of aryl methyl sites for hydroxylation is 1. The molecule has 3 aromatic carbocycles. The van der Waals surface area contributed by atoms with Crippen LogP contribution in [0.2, 0.25) is 0 Å². The lowest BCUT2D eigenvalue weighted by atomic mass is 9.98. The number of halogens is 1. The topological polar surface area (TPSA) is 64.8 Å². The highest BCUT2D eigenvalue weighted by Crippen LogP contribution is 2.31. The van der Waals surface area contributed by atoms with Gasteiger partial charge in [-0.2, -0.15) is 8.42 Å². The second kappa shape index (κ2) is 7.01. The van der Waals surface area contributed by atoms with E-state index in [2.05, 4.69) is 10.3 Å². The van der Waals surface area contributed by atoms with Gasteiger partial charge in [0.1, 0.15) is 11.5 Å². The predicted octanol–water partition coefficient (Wildman–Crippen LogP) is 4.30. The quantitative estimate of drug-likeness (QED) is 0.519. The van der Waals surface area contributed by atoms with E-state index < -0.39 is 15.8 Å². The fraction of sp³-hybridized carbons (Fsp3) is 0.0476. The van der Waals surface area contributed by atoms with Gasteiger partial charge >= 0.3 is 0 Å². The highest BCUT2D eigenvalue weighted by Gasteiger charge is 2.20. The number of aromatic nitrogens is 3. The molecule has 0 aliphatic heterocycles. The molecule has 0 atom stereocenters. The average Bonchev–Trinajstić information content (AvgIpc) is 3.20. The summed E-state index contributed by atoms with van der Waals surface area (Å²) in [5, 5.41) is 7.77. The van der Waals surface area contributed by atoms with E-state index in [1.54, 1.807) is 18.2 Å². The summed E-state index contributed by atoms with van der Waals surface area (Å²) in [6.45, 7) is 1.87. The molecule has 0 aliphatic rings. The third kappa shape index (κ3) is 3.32. The molecule has 1 aromatic heterocycles. The average molecular weight is 393 g/mol. The molecule has 4 aromatic rings. The van der Waals surface area contributed by atoms with Gasteiger partial charge in [0.2, 0.25) is 0 Å². The smallest absolute Gasteiger partial charge is 0.207 e. The Bertz CT molecular complexity index is 1230. The maximum atomic E-state index is 13.9. The van der Waals surface area contributed by atoms with E-state index in [0.29, 0.717) is 5.56 Å². The van der Waals surface area contributed by atoms with Crippen LogP contribution in [-0.2, 0) is 10.0 Å². The largest absolute Gasteiger partial charge is 0.284 e. The standard InChI is InChI=1S/C21H16FN3O2S/c1-15-7-10-18(11-8-15)28(26,27)25-14-21(23-24-25)20-13-17(22)9-12-19(20)16-5-3-2-4-6-16/h2-14H,1H3. The van der Waals surface area contributed by atoms with Crippen molar-refractivity contribution in [3.8, 4) is 22.4 Å². The zero-order chi connectivity index (χ0) is 19.7. The third-order valence-electron chi connectivity index (χ3n) is 4.38. The van der Waals surface area contributed by atoms with Gasteiger partial charge in [-0.15, -0.1) is 9.19 Å². The van der Waals surface area contributed by atoms with Gasteiger partial charge in [-0.05, 0) is 42.3 Å². The third-order valence-corrected chi connectivity index (χ3v) is 5.92. The number of nitrogens with zero attached hydrogens (tertiary/aromatic N) is 3. The lowest BCUT2D eigenvalue weighted by molar-refractivity contribution is 0.577. The Morgan fingerprint density at radius 1 is 0.893 bits per heavy atom. The van der Waals surface area contributed by atoms with Crippen molar-refractivity contribution >= 4 is 10.0 Å². The molecule has 0 fully saturated rings. The van der Waals surface area contributed by atoms with Crippen molar-refractivity contribution in [2.24, 2.45) is 0 Å². The summed E-state index contributed by atoms with van der Waals surface area (Å²) in [6.07, 6.45) is 1.30. The van der Waals surface area contributed by atoms with E-state index >= 15 is 0 Å². The Hall–Kier alpha value is -3.32. The first kappa shape index (κ1) is 18.1. The van der Waals surface area contributed by atoms with Crippen molar-refractivity contribution in [3.05, 3.63) is 90.4 Å². The first-order chi connectivity index (χ1) is 13.4. The second-order valence-electron chi connectivity index (χ2n) is 6.35. The number of hydrogen-bond acceptors (Lipinski definition) is 4. The summed E-state index contributed by atoms with van der Waals surface area (Å²) in [7, 11) is -3.88. The van der Waals surface area contributed by atoms with Crippen molar-refractivity contribution in [3.63, 3.8) is 0 Å². The molecular formula is C21H16FN3O2S. The fourth-order valence-electron chi connectivity index (χ4n) is 2.91. The van der Waals surface area contributed by atoms with Crippen LogP contribution in [0.5, 0.6) is 0 Å². The van der Waals surface area contributed by atoms with E-state index in [1.165, 1.54) is 30.5 Å². The van der Waals surface area contributed by atoms with E-state index in [9.17, 15) is 12.8 Å². The SMILES string of the molecule is Cc1ccc(S(=O)(=O)n2cc(-c3cc(F)ccc3-c3ccccc3)nn2)cc1. The molecule has 0 N–H and O–H groups in total. The Morgan fingerprint density at radius 2 is 1.61 bits per heavy atom. The molecule has 140 valence electrons. The molecule has 28 heavy (non-hydrogen) atoms. The normalized spacial score (nSPS) is 11.5. The number of rotatable bonds is 4. The van der Waals surface area contributed by atoms with Crippen molar-refractivity contribution in [1.29, 1.82) is 0 Å². The summed E-state index contributed by atoms with van der Waals surface area (Å²) >= 11 is 0. The monoisotopic (exact) mass is 393 g/mol. The molecule has 4 rings (SSSR count). The van der Waals surface area contributed by atoms with Crippen LogP contribution in [0.4, 0.5) is 4.39 Å². The lowest BCUT2D eigenvalue weighted by Crippen LogP contribution is -2.13. The van der Waals surface area contributed by atoms with Crippen molar-refractivity contribution < 1.29 is 12.8 Å². The van der Waals surface area contributed by atoms with Gasteiger partial charge in [-0.25, -0.2) is 4.39 Å². The van der Waals surface area contributed by atoms with E-state index in [0.717, 1.165) is 20.8 Å². The summed E-state index contributed by atoms with van der Waals surface area (Å²) in [6, 6.07) is 20.2. The van der Waals surface area contributed by atoms with Crippen molar-refractivity contribution in [2.75, 3.05) is 0 Å². The van der Waals surface area contributed by atoms with Crippen LogP contribution in [0.15, 0.2) is 83.9 Å². The second-order valence-corrected chi connectivity index (χ2v) is 8.15. The number of benzene rings is 3. The summed E-state index contributed by atoms with van der Waals surface area (Å²) in [4.78, 5) is 0.108. The predicted molar refractivity (Wildman–Crippen MR) is 105 cm³/mol. The summed E-state index contributed by atoms with van der Waals surface area (Å²) in [5.74, 6) is -0.439. The van der Waals surface area contributed by atoms with Gasteiger partial charge in [-0.3, -0.25) is 0 Å². The first-order valence-corrected chi connectivity index (χ1v) is 9.99.